The molecule has 0 unspecified atom stereocenters. The second kappa shape index (κ2) is 6.18. The Kier molecular flexibility index (Phi) is 4.10. The quantitative estimate of drug-likeness (QED) is 0.836. The Balaban J connectivity index is 1.82. The SMILES string of the molecule is CCOc1ccccc1-c1noc(CN2C(=O)CSC2=O)n1. The molecule has 0 aliphatic carbocycles. The van der Waals surface area contributed by atoms with Gasteiger partial charge in [-0.3, -0.25) is 14.5 Å². The third-order valence-electron chi connectivity index (χ3n) is 3.03. The second-order valence-corrected chi connectivity index (χ2v) is 5.40. The van der Waals surface area contributed by atoms with E-state index in [0.717, 1.165) is 16.7 Å². The van der Waals surface area contributed by atoms with Crippen molar-refractivity contribution in [3.8, 4) is 17.1 Å². The molecule has 1 saturated heterocycles. The maximum absolute atomic E-state index is 11.6. The number of benzene rings is 1. The van der Waals surface area contributed by atoms with Crippen LogP contribution in [0.15, 0.2) is 28.8 Å². The Hall–Kier alpha value is -2.35. The van der Waals surface area contributed by atoms with E-state index in [1.54, 1.807) is 0 Å². The number of amides is 2. The number of hydrogen-bond donors (Lipinski definition) is 0. The summed E-state index contributed by atoms with van der Waals surface area (Å²) in [7, 11) is 0. The van der Waals surface area contributed by atoms with Crippen LogP contribution in [0.3, 0.4) is 0 Å². The van der Waals surface area contributed by atoms with Gasteiger partial charge in [0.05, 0.1) is 17.9 Å². The van der Waals surface area contributed by atoms with E-state index in [9.17, 15) is 9.59 Å². The first-order valence-electron chi connectivity index (χ1n) is 6.71. The molecule has 0 N–H and O–H groups in total. The Morgan fingerprint density at radius 2 is 2.18 bits per heavy atom. The maximum atomic E-state index is 11.6. The van der Waals surface area contributed by atoms with Crippen LogP contribution in [-0.4, -0.2) is 38.5 Å². The largest absolute Gasteiger partial charge is 0.493 e. The summed E-state index contributed by atoms with van der Waals surface area (Å²) < 4.78 is 10.7. The zero-order chi connectivity index (χ0) is 15.5. The lowest BCUT2D eigenvalue weighted by atomic mass is 10.2. The van der Waals surface area contributed by atoms with Crippen molar-refractivity contribution in [1.29, 1.82) is 0 Å². The van der Waals surface area contributed by atoms with Gasteiger partial charge in [-0.15, -0.1) is 0 Å². The number of para-hydroxylation sites is 1. The number of thioether (sulfide) groups is 1. The molecule has 22 heavy (non-hydrogen) atoms. The first kappa shape index (κ1) is 14.6. The van der Waals surface area contributed by atoms with Gasteiger partial charge in [0.25, 0.3) is 5.24 Å². The van der Waals surface area contributed by atoms with Crippen molar-refractivity contribution in [3.05, 3.63) is 30.2 Å². The van der Waals surface area contributed by atoms with Gasteiger partial charge in [-0.05, 0) is 19.1 Å². The highest BCUT2D eigenvalue weighted by atomic mass is 32.2. The van der Waals surface area contributed by atoms with Gasteiger partial charge >= 0.3 is 0 Å². The molecule has 0 atom stereocenters. The predicted molar refractivity (Wildman–Crippen MR) is 79.3 cm³/mol. The Morgan fingerprint density at radius 1 is 1.36 bits per heavy atom. The third-order valence-corrected chi connectivity index (χ3v) is 3.89. The minimum absolute atomic E-state index is 0.00549. The Bertz CT molecular complexity index is 700. The van der Waals surface area contributed by atoms with Crippen LogP contribution in [0, 0.1) is 0 Å². The molecule has 0 saturated carbocycles. The summed E-state index contributed by atoms with van der Waals surface area (Å²) in [5.74, 6) is 1.15. The molecule has 1 aromatic carbocycles. The number of hydrogen-bond acceptors (Lipinski definition) is 7. The van der Waals surface area contributed by atoms with Crippen LogP contribution < -0.4 is 4.74 Å². The number of rotatable bonds is 5. The van der Waals surface area contributed by atoms with Gasteiger partial charge in [0.15, 0.2) is 0 Å². The van der Waals surface area contributed by atoms with Crippen molar-refractivity contribution < 1.29 is 18.8 Å². The monoisotopic (exact) mass is 319 g/mol. The summed E-state index contributed by atoms with van der Waals surface area (Å²) in [6.45, 7) is 2.41. The highest BCUT2D eigenvalue weighted by Crippen LogP contribution is 2.28. The molecule has 0 radical (unpaired) electrons. The van der Waals surface area contributed by atoms with E-state index in [2.05, 4.69) is 10.1 Å². The molecule has 0 bridgehead atoms. The average molecular weight is 319 g/mol. The summed E-state index contributed by atoms with van der Waals surface area (Å²) in [6, 6.07) is 7.34. The molecular formula is C14H13N3O4S. The third kappa shape index (κ3) is 2.82. The van der Waals surface area contributed by atoms with Crippen molar-refractivity contribution in [2.75, 3.05) is 12.4 Å². The number of imide groups is 1. The number of aromatic nitrogens is 2. The molecule has 2 amide bonds. The van der Waals surface area contributed by atoms with Gasteiger partial charge in [0.2, 0.25) is 17.6 Å². The number of carbonyl (C=O) groups is 2. The van der Waals surface area contributed by atoms with Crippen molar-refractivity contribution >= 4 is 22.9 Å². The van der Waals surface area contributed by atoms with Crippen LogP contribution in [0.1, 0.15) is 12.8 Å². The van der Waals surface area contributed by atoms with E-state index in [0.29, 0.717) is 23.7 Å². The van der Waals surface area contributed by atoms with E-state index >= 15 is 0 Å². The number of ether oxygens (including phenoxy) is 1. The summed E-state index contributed by atoms with van der Waals surface area (Å²) >= 11 is 0.973. The lowest BCUT2D eigenvalue weighted by molar-refractivity contribution is -0.125. The normalized spacial score (nSPS) is 14.7. The summed E-state index contributed by atoms with van der Waals surface area (Å²) in [6.07, 6.45) is 0. The van der Waals surface area contributed by atoms with Crippen LogP contribution in [0.5, 0.6) is 5.75 Å². The molecule has 1 aliphatic heterocycles. The predicted octanol–water partition coefficient (Wildman–Crippen LogP) is 2.33. The maximum Gasteiger partial charge on any atom is 0.289 e. The molecule has 0 spiro atoms. The van der Waals surface area contributed by atoms with Gasteiger partial charge in [0.1, 0.15) is 12.3 Å². The Morgan fingerprint density at radius 3 is 2.91 bits per heavy atom. The van der Waals surface area contributed by atoms with E-state index < -0.39 is 0 Å². The van der Waals surface area contributed by atoms with Gasteiger partial charge in [-0.2, -0.15) is 4.98 Å². The van der Waals surface area contributed by atoms with Crippen molar-refractivity contribution in [1.82, 2.24) is 15.0 Å². The molecule has 2 heterocycles. The number of carbonyl (C=O) groups excluding carboxylic acids is 2. The fourth-order valence-electron chi connectivity index (χ4n) is 2.03. The minimum Gasteiger partial charge on any atom is -0.493 e. The van der Waals surface area contributed by atoms with Crippen molar-refractivity contribution in [2.24, 2.45) is 0 Å². The summed E-state index contributed by atoms with van der Waals surface area (Å²) in [5, 5.41) is 3.61. The van der Waals surface area contributed by atoms with Crippen LogP contribution >= 0.6 is 11.8 Å². The first-order valence-corrected chi connectivity index (χ1v) is 7.69. The van der Waals surface area contributed by atoms with E-state index in [-0.39, 0.29) is 29.3 Å². The van der Waals surface area contributed by atoms with Gasteiger partial charge in [-0.1, -0.05) is 29.1 Å². The van der Waals surface area contributed by atoms with Gasteiger partial charge in [-0.25, -0.2) is 0 Å². The molecule has 1 aromatic heterocycles. The molecule has 8 heteroatoms. The van der Waals surface area contributed by atoms with E-state index in [1.807, 2.05) is 31.2 Å². The van der Waals surface area contributed by atoms with Gasteiger partial charge in [0, 0.05) is 0 Å². The smallest absolute Gasteiger partial charge is 0.289 e. The molecule has 7 nitrogen and oxygen atoms in total. The van der Waals surface area contributed by atoms with E-state index in [1.165, 1.54) is 0 Å². The average Bonchev–Trinajstić information content (AvgIpc) is 3.10. The highest BCUT2D eigenvalue weighted by Gasteiger charge is 2.31. The van der Waals surface area contributed by atoms with Crippen LogP contribution in [0.4, 0.5) is 4.79 Å². The van der Waals surface area contributed by atoms with Crippen LogP contribution in [0.2, 0.25) is 0 Å². The molecular weight excluding hydrogens is 306 g/mol. The number of nitrogens with zero attached hydrogens (tertiary/aromatic N) is 3. The lowest BCUT2D eigenvalue weighted by Crippen LogP contribution is -2.28. The molecule has 1 aliphatic rings. The summed E-state index contributed by atoms with van der Waals surface area (Å²) in [4.78, 5) is 28.5. The van der Waals surface area contributed by atoms with Crippen LogP contribution in [-0.2, 0) is 11.3 Å². The van der Waals surface area contributed by atoms with E-state index in [4.69, 9.17) is 9.26 Å². The van der Waals surface area contributed by atoms with Crippen molar-refractivity contribution in [2.45, 2.75) is 13.5 Å². The zero-order valence-corrected chi connectivity index (χ0v) is 12.6. The molecule has 1 fully saturated rings. The topological polar surface area (TPSA) is 85.5 Å². The first-order chi connectivity index (χ1) is 10.7. The molecule has 2 aromatic rings. The van der Waals surface area contributed by atoms with Crippen molar-refractivity contribution in [3.63, 3.8) is 0 Å². The zero-order valence-electron chi connectivity index (χ0n) is 11.8. The fraction of sp³-hybridized carbons (Fsp3) is 0.286. The van der Waals surface area contributed by atoms with Gasteiger partial charge < -0.3 is 9.26 Å². The Labute approximate surface area is 130 Å². The molecule has 114 valence electrons. The highest BCUT2D eigenvalue weighted by molar-refractivity contribution is 8.14. The minimum atomic E-state index is -0.292. The standard InChI is InChI=1S/C14H13N3O4S/c1-2-20-10-6-4-3-5-9(10)13-15-11(21-16-13)7-17-12(18)8-22-14(17)19/h3-6H,2,7-8H2,1H3. The lowest BCUT2D eigenvalue weighted by Gasteiger charge is -2.08. The molecule has 3 rings (SSSR count). The fourth-order valence-corrected chi connectivity index (χ4v) is 2.76. The second-order valence-electron chi connectivity index (χ2n) is 4.48. The van der Waals surface area contributed by atoms with Crippen LogP contribution in [0.25, 0.3) is 11.4 Å². The summed E-state index contributed by atoms with van der Waals surface area (Å²) in [5.41, 5.74) is 0.702.